The standard InChI is InChI=1S/C18H15BrO5/c1-11-3-4-14(9-16(11)19)18(22)23-10-17(21)13-5-7-15(8-6-13)24-12(2)20/h3-9H,10H2,1-2H3. The normalized spacial score (nSPS) is 10.1. The Hall–Kier alpha value is -2.47. The Morgan fingerprint density at radius 3 is 2.21 bits per heavy atom. The van der Waals surface area contributed by atoms with Crippen LogP contribution < -0.4 is 4.74 Å². The molecule has 124 valence electrons. The highest BCUT2D eigenvalue weighted by molar-refractivity contribution is 9.10. The fraction of sp³-hybridized carbons (Fsp3) is 0.167. The fourth-order valence-corrected chi connectivity index (χ4v) is 2.27. The van der Waals surface area contributed by atoms with Crippen molar-refractivity contribution < 1.29 is 23.9 Å². The van der Waals surface area contributed by atoms with Crippen molar-refractivity contribution in [1.29, 1.82) is 0 Å². The van der Waals surface area contributed by atoms with E-state index in [0.29, 0.717) is 16.9 Å². The number of carbonyl (C=O) groups is 3. The first-order chi connectivity index (χ1) is 11.4. The van der Waals surface area contributed by atoms with Gasteiger partial charge in [-0.3, -0.25) is 9.59 Å². The Morgan fingerprint density at radius 1 is 1.00 bits per heavy atom. The highest BCUT2D eigenvalue weighted by Gasteiger charge is 2.13. The molecule has 5 nitrogen and oxygen atoms in total. The number of aryl methyl sites for hydroxylation is 1. The molecule has 0 radical (unpaired) electrons. The molecule has 0 aliphatic rings. The maximum absolute atomic E-state index is 12.0. The molecule has 0 aromatic heterocycles. The Kier molecular flexibility index (Phi) is 5.87. The first-order valence-electron chi connectivity index (χ1n) is 7.12. The van der Waals surface area contributed by atoms with Gasteiger partial charge >= 0.3 is 11.9 Å². The Bertz CT molecular complexity index is 780. The van der Waals surface area contributed by atoms with Crippen LogP contribution in [-0.2, 0) is 9.53 Å². The first-order valence-corrected chi connectivity index (χ1v) is 7.91. The van der Waals surface area contributed by atoms with Crippen LogP contribution in [-0.4, -0.2) is 24.3 Å². The third-order valence-electron chi connectivity index (χ3n) is 3.18. The molecular weight excluding hydrogens is 376 g/mol. The number of benzene rings is 2. The van der Waals surface area contributed by atoms with E-state index < -0.39 is 11.9 Å². The highest BCUT2D eigenvalue weighted by Crippen LogP contribution is 2.18. The number of Topliss-reactive ketones (excluding diaryl/α,β-unsaturated/α-hetero) is 1. The predicted molar refractivity (Wildman–Crippen MR) is 91.2 cm³/mol. The van der Waals surface area contributed by atoms with E-state index in [2.05, 4.69) is 15.9 Å². The molecule has 0 saturated heterocycles. The number of hydrogen-bond acceptors (Lipinski definition) is 5. The zero-order valence-electron chi connectivity index (χ0n) is 13.2. The van der Waals surface area contributed by atoms with Gasteiger partial charge in [0.15, 0.2) is 12.4 Å². The molecule has 0 amide bonds. The van der Waals surface area contributed by atoms with Gasteiger partial charge in [-0.15, -0.1) is 0 Å². The quantitative estimate of drug-likeness (QED) is 0.442. The molecule has 0 aliphatic carbocycles. The van der Waals surface area contributed by atoms with Crippen molar-refractivity contribution in [2.45, 2.75) is 13.8 Å². The smallest absolute Gasteiger partial charge is 0.338 e. The summed E-state index contributed by atoms with van der Waals surface area (Å²) < 4.78 is 10.7. The number of carbonyl (C=O) groups excluding carboxylic acids is 3. The van der Waals surface area contributed by atoms with Crippen molar-refractivity contribution in [3.63, 3.8) is 0 Å². The van der Waals surface area contributed by atoms with Crippen LogP contribution in [0.15, 0.2) is 46.9 Å². The summed E-state index contributed by atoms with van der Waals surface area (Å²) in [5, 5.41) is 0. The first kappa shape index (κ1) is 17.9. The highest BCUT2D eigenvalue weighted by atomic mass is 79.9. The van der Waals surface area contributed by atoms with E-state index in [1.807, 2.05) is 6.92 Å². The number of hydrogen-bond donors (Lipinski definition) is 0. The molecule has 0 spiro atoms. The molecular formula is C18H15BrO5. The summed E-state index contributed by atoms with van der Waals surface area (Å²) in [7, 11) is 0. The number of ketones is 1. The van der Waals surface area contributed by atoms with Gasteiger partial charge in [-0.2, -0.15) is 0 Å². The molecule has 2 aromatic carbocycles. The molecule has 0 unspecified atom stereocenters. The zero-order valence-corrected chi connectivity index (χ0v) is 14.8. The summed E-state index contributed by atoms with van der Waals surface area (Å²) in [6.07, 6.45) is 0. The SMILES string of the molecule is CC(=O)Oc1ccc(C(=O)COC(=O)c2ccc(C)c(Br)c2)cc1. The van der Waals surface area contributed by atoms with E-state index in [4.69, 9.17) is 9.47 Å². The van der Waals surface area contributed by atoms with Gasteiger partial charge in [0.25, 0.3) is 0 Å². The second-order valence-electron chi connectivity index (χ2n) is 5.08. The van der Waals surface area contributed by atoms with Gasteiger partial charge < -0.3 is 9.47 Å². The minimum absolute atomic E-state index is 0.344. The van der Waals surface area contributed by atoms with Crippen molar-refractivity contribution in [3.8, 4) is 5.75 Å². The largest absolute Gasteiger partial charge is 0.454 e. The lowest BCUT2D eigenvalue weighted by atomic mass is 10.1. The third kappa shape index (κ3) is 4.76. The van der Waals surface area contributed by atoms with E-state index in [-0.39, 0.29) is 12.4 Å². The molecule has 6 heteroatoms. The number of halogens is 1. The summed E-state index contributed by atoms with van der Waals surface area (Å²) in [4.78, 5) is 34.8. The van der Waals surface area contributed by atoms with Crippen LogP contribution in [0.2, 0.25) is 0 Å². The van der Waals surface area contributed by atoms with Gasteiger partial charge in [-0.1, -0.05) is 22.0 Å². The maximum atomic E-state index is 12.0. The van der Waals surface area contributed by atoms with Crippen LogP contribution in [0.5, 0.6) is 5.75 Å². The molecule has 2 aromatic rings. The van der Waals surface area contributed by atoms with Crippen molar-refractivity contribution >= 4 is 33.7 Å². The fourth-order valence-electron chi connectivity index (χ4n) is 1.89. The molecule has 0 fully saturated rings. The van der Waals surface area contributed by atoms with E-state index in [0.717, 1.165) is 10.0 Å². The average Bonchev–Trinajstić information content (AvgIpc) is 2.55. The number of rotatable bonds is 5. The van der Waals surface area contributed by atoms with Crippen LogP contribution in [0.1, 0.15) is 33.2 Å². The van der Waals surface area contributed by atoms with Gasteiger partial charge in [0.05, 0.1) is 5.56 Å². The number of esters is 2. The van der Waals surface area contributed by atoms with Crippen molar-refractivity contribution in [2.75, 3.05) is 6.61 Å². The van der Waals surface area contributed by atoms with Gasteiger partial charge in [0, 0.05) is 17.0 Å². The summed E-state index contributed by atoms with van der Waals surface area (Å²) >= 11 is 3.34. The Labute approximate surface area is 147 Å². The van der Waals surface area contributed by atoms with Gasteiger partial charge in [-0.05, 0) is 48.9 Å². The van der Waals surface area contributed by atoms with Gasteiger partial charge in [0.2, 0.25) is 0 Å². The second-order valence-corrected chi connectivity index (χ2v) is 5.94. The molecule has 0 atom stereocenters. The van der Waals surface area contributed by atoms with Crippen molar-refractivity contribution in [3.05, 3.63) is 63.6 Å². The van der Waals surface area contributed by atoms with Gasteiger partial charge in [-0.25, -0.2) is 4.79 Å². The summed E-state index contributed by atoms with van der Waals surface area (Å²) in [5.41, 5.74) is 1.73. The lowest BCUT2D eigenvalue weighted by Crippen LogP contribution is -2.14. The minimum Gasteiger partial charge on any atom is -0.454 e. The second kappa shape index (κ2) is 7.88. The molecule has 2 rings (SSSR count). The van der Waals surface area contributed by atoms with Crippen molar-refractivity contribution in [2.24, 2.45) is 0 Å². The van der Waals surface area contributed by atoms with E-state index in [9.17, 15) is 14.4 Å². The number of ether oxygens (including phenoxy) is 2. The third-order valence-corrected chi connectivity index (χ3v) is 4.03. The minimum atomic E-state index is -0.569. The van der Waals surface area contributed by atoms with E-state index in [1.54, 1.807) is 18.2 Å². The van der Waals surface area contributed by atoms with Gasteiger partial charge in [0.1, 0.15) is 5.75 Å². The van der Waals surface area contributed by atoms with E-state index in [1.165, 1.54) is 31.2 Å². The molecule has 0 bridgehead atoms. The molecule has 0 saturated carbocycles. The van der Waals surface area contributed by atoms with Crippen LogP contribution in [0.4, 0.5) is 0 Å². The molecule has 0 aliphatic heterocycles. The lowest BCUT2D eigenvalue weighted by molar-refractivity contribution is -0.131. The Morgan fingerprint density at radius 2 is 1.62 bits per heavy atom. The van der Waals surface area contributed by atoms with E-state index >= 15 is 0 Å². The monoisotopic (exact) mass is 390 g/mol. The summed E-state index contributed by atoms with van der Waals surface area (Å²) in [6.45, 7) is 2.83. The van der Waals surface area contributed by atoms with Crippen LogP contribution in [0.25, 0.3) is 0 Å². The van der Waals surface area contributed by atoms with Crippen LogP contribution in [0, 0.1) is 6.92 Å². The average molecular weight is 391 g/mol. The summed E-state index contributed by atoms with van der Waals surface area (Å²) in [5.74, 6) is -1.00. The maximum Gasteiger partial charge on any atom is 0.338 e. The van der Waals surface area contributed by atoms with Crippen LogP contribution in [0.3, 0.4) is 0 Å². The lowest BCUT2D eigenvalue weighted by Gasteiger charge is -2.06. The predicted octanol–water partition coefficient (Wildman–Crippen LogP) is 3.72. The zero-order chi connectivity index (χ0) is 17.7. The summed E-state index contributed by atoms with van der Waals surface area (Å²) in [6, 6.07) is 11.1. The van der Waals surface area contributed by atoms with Crippen molar-refractivity contribution in [1.82, 2.24) is 0 Å². The molecule has 0 N–H and O–H groups in total. The molecule has 24 heavy (non-hydrogen) atoms. The Balaban J connectivity index is 1.95. The molecule has 0 heterocycles. The van der Waals surface area contributed by atoms with Crippen LogP contribution >= 0.6 is 15.9 Å². The topological polar surface area (TPSA) is 69.7 Å².